The lowest BCUT2D eigenvalue weighted by molar-refractivity contribution is 0.483. The molecule has 0 bridgehead atoms. The van der Waals surface area contributed by atoms with Gasteiger partial charge in [0.25, 0.3) is 0 Å². The monoisotopic (exact) mass is 304 g/mol. The molecule has 3 aliphatic rings. The number of hydrogen-bond acceptors (Lipinski definition) is 0. The summed E-state index contributed by atoms with van der Waals surface area (Å²) in [7, 11) is 0.335. The highest BCUT2D eigenvalue weighted by Crippen LogP contribution is 2.56. The summed E-state index contributed by atoms with van der Waals surface area (Å²) < 4.78 is 0. The summed E-state index contributed by atoms with van der Waals surface area (Å²) in [5.74, 6) is 0.763. The summed E-state index contributed by atoms with van der Waals surface area (Å²) in [6.07, 6.45) is 29.2. The Morgan fingerprint density at radius 2 is 1.24 bits per heavy atom. The fraction of sp³-hybridized carbons (Fsp3) is 0.800. The van der Waals surface area contributed by atoms with Crippen LogP contribution in [0.4, 0.5) is 0 Å². The summed E-state index contributed by atoms with van der Waals surface area (Å²) in [6, 6.07) is 0. The Morgan fingerprint density at radius 1 is 0.714 bits per heavy atom. The molecule has 0 heterocycles. The van der Waals surface area contributed by atoms with E-state index in [9.17, 15) is 0 Å². The van der Waals surface area contributed by atoms with E-state index in [1.165, 1.54) is 51.4 Å². The Kier molecular flexibility index (Phi) is 6.41. The Labute approximate surface area is 133 Å². The van der Waals surface area contributed by atoms with Gasteiger partial charge < -0.3 is 0 Å². The quantitative estimate of drug-likeness (QED) is 0.481. The van der Waals surface area contributed by atoms with Crippen molar-refractivity contribution >= 4 is 7.92 Å². The van der Waals surface area contributed by atoms with Gasteiger partial charge in [-0.25, -0.2) is 0 Å². The molecule has 0 aromatic heterocycles. The first-order valence-corrected chi connectivity index (χ1v) is 11.2. The molecule has 0 aliphatic heterocycles. The second-order valence-electron chi connectivity index (χ2n) is 7.40. The van der Waals surface area contributed by atoms with Crippen LogP contribution in [0.15, 0.2) is 24.3 Å². The van der Waals surface area contributed by atoms with Gasteiger partial charge in [0.2, 0.25) is 0 Å². The van der Waals surface area contributed by atoms with Crippen molar-refractivity contribution in [3.63, 3.8) is 0 Å². The van der Waals surface area contributed by atoms with E-state index in [0.717, 1.165) is 17.2 Å². The van der Waals surface area contributed by atoms with Gasteiger partial charge in [-0.3, -0.25) is 0 Å². The van der Waals surface area contributed by atoms with Crippen LogP contribution in [0.1, 0.15) is 77.0 Å². The van der Waals surface area contributed by atoms with Gasteiger partial charge in [0, 0.05) is 0 Å². The lowest BCUT2D eigenvalue weighted by Gasteiger charge is -2.38. The summed E-state index contributed by atoms with van der Waals surface area (Å²) in [6.45, 7) is 0. The molecule has 0 radical (unpaired) electrons. The molecule has 0 atom stereocenters. The molecular formula is C20H33P. The van der Waals surface area contributed by atoms with Gasteiger partial charge in [-0.15, -0.1) is 7.92 Å². The molecule has 118 valence electrons. The van der Waals surface area contributed by atoms with E-state index in [1.54, 1.807) is 31.8 Å². The molecule has 2 saturated carbocycles. The molecule has 0 unspecified atom stereocenters. The van der Waals surface area contributed by atoms with Gasteiger partial charge in [0.15, 0.2) is 0 Å². The molecule has 0 nitrogen and oxygen atoms in total. The van der Waals surface area contributed by atoms with E-state index in [1.807, 2.05) is 0 Å². The fourth-order valence-corrected chi connectivity index (χ4v) is 8.60. The largest absolute Gasteiger partial charge is 0.100 e. The zero-order valence-electron chi connectivity index (χ0n) is 13.7. The van der Waals surface area contributed by atoms with Crippen molar-refractivity contribution in [3.8, 4) is 0 Å². The Morgan fingerprint density at radius 3 is 1.76 bits per heavy atom. The van der Waals surface area contributed by atoms with Crippen molar-refractivity contribution in [2.45, 2.75) is 88.4 Å². The Balaban J connectivity index is 1.52. The summed E-state index contributed by atoms with van der Waals surface area (Å²) in [5.41, 5.74) is 2.29. The van der Waals surface area contributed by atoms with Crippen LogP contribution < -0.4 is 0 Å². The van der Waals surface area contributed by atoms with Crippen LogP contribution in [-0.2, 0) is 0 Å². The molecule has 0 saturated heterocycles. The maximum absolute atomic E-state index is 2.39. The Hall–Kier alpha value is -0.0900. The first-order valence-electron chi connectivity index (χ1n) is 9.54. The summed E-state index contributed by atoms with van der Waals surface area (Å²) >= 11 is 0. The van der Waals surface area contributed by atoms with Gasteiger partial charge in [-0.2, -0.15) is 0 Å². The second-order valence-corrected chi connectivity index (χ2v) is 10.3. The van der Waals surface area contributed by atoms with E-state index in [4.69, 9.17) is 0 Å². The number of rotatable bonds is 6. The predicted octanol–water partition coefficient (Wildman–Crippen LogP) is 6.66. The average Bonchev–Trinajstić information content (AvgIpc) is 3.07. The molecule has 0 spiro atoms. The van der Waals surface area contributed by atoms with E-state index < -0.39 is 0 Å². The van der Waals surface area contributed by atoms with E-state index in [2.05, 4.69) is 24.3 Å². The van der Waals surface area contributed by atoms with Crippen LogP contribution in [-0.4, -0.2) is 17.5 Å². The van der Waals surface area contributed by atoms with Crippen molar-refractivity contribution in [2.75, 3.05) is 6.16 Å². The minimum atomic E-state index is 0.335. The standard InChI is InChI=1S/C20H33P/c1-3-13-19(14-4-1)21(20-15-5-2-6-16-20)17-9-12-18-10-7-8-11-18/h7-8,10-11,18-20H,1-6,9,12-17H2. The normalized spacial score (nSPS) is 25.2. The lowest BCUT2D eigenvalue weighted by atomic mass is 9.99. The van der Waals surface area contributed by atoms with Crippen molar-refractivity contribution in [1.29, 1.82) is 0 Å². The zero-order valence-corrected chi connectivity index (χ0v) is 14.6. The van der Waals surface area contributed by atoms with Crippen LogP contribution in [0.25, 0.3) is 0 Å². The van der Waals surface area contributed by atoms with Crippen LogP contribution in [0, 0.1) is 5.92 Å². The molecule has 3 rings (SSSR count). The average molecular weight is 304 g/mol. The molecule has 0 amide bonds. The van der Waals surface area contributed by atoms with Crippen molar-refractivity contribution < 1.29 is 0 Å². The van der Waals surface area contributed by atoms with Gasteiger partial charge in [0.1, 0.15) is 0 Å². The van der Waals surface area contributed by atoms with Gasteiger partial charge in [0.05, 0.1) is 0 Å². The van der Waals surface area contributed by atoms with E-state index in [-0.39, 0.29) is 0 Å². The molecule has 1 heteroatoms. The third kappa shape index (κ3) is 4.69. The predicted molar refractivity (Wildman–Crippen MR) is 96.5 cm³/mol. The lowest BCUT2D eigenvalue weighted by Crippen LogP contribution is -2.22. The van der Waals surface area contributed by atoms with Crippen LogP contribution >= 0.6 is 7.92 Å². The first-order chi connectivity index (χ1) is 10.4. The van der Waals surface area contributed by atoms with Crippen LogP contribution in [0.5, 0.6) is 0 Å². The maximum atomic E-state index is 2.39. The fourth-order valence-electron chi connectivity index (χ4n) is 4.67. The Bertz CT molecular complexity index is 315. The third-order valence-corrected chi connectivity index (χ3v) is 9.61. The second kappa shape index (κ2) is 8.52. The van der Waals surface area contributed by atoms with E-state index in [0.29, 0.717) is 7.92 Å². The molecular weight excluding hydrogens is 271 g/mol. The highest BCUT2D eigenvalue weighted by molar-refractivity contribution is 7.59. The molecule has 2 fully saturated rings. The summed E-state index contributed by atoms with van der Waals surface area (Å²) in [4.78, 5) is 0. The number of allylic oxidation sites excluding steroid dienone is 4. The van der Waals surface area contributed by atoms with Gasteiger partial charge in [-0.1, -0.05) is 62.8 Å². The van der Waals surface area contributed by atoms with Crippen LogP contribution in [0.3, 0.4) is 0 Å². The minimum absolute atomic E-state index is 0.335. The summed E-state index contributed by atoms with van der Waals surface area (Å²) in [5, 5.41) is 0. The smallest absolute Gasteiger partial charge is 0.00471 e. The van der Waals surface area contributed by atoms with Gasteiger partial charge in [-0.05, 0) is 61.9 Å². The topological polar surface area (TPSA) is 0 Å². The molecule has 0 aromatic carbocycles. The molecule has 0 N–H and O–H groups in total. The van der Waals surface area contributed by atoms with Crippen molar-refractivity contribution in [1.82, 2.24) is 0 Å². The van der Waals surface area contributed by atoms with Crippen molar-refractivity contribution in [2.24, 2.45) is 5.92 Å². The molecule has 21 heavy (non-hydrogen) atoms. The highest BCUT2D eigenvalue weighted by atomic mass is 31.1. The molecule has 0 aromatic rings. The first kappa shape index (κ1) is 15.8. The minimum Gasteiger partial charge on any atom is -0.100 e. The molecule has 3 aliphatic carbocycles. The van der Waals surface area contributed by atoms with E-state index >= 15 is 0 Å². The van der Waals surface area contributed by atoms with Gasteiger partial charge >= 0.3 is 0 Å². The number of hydrogen-bond donors (Lipinski definition) is 0. The highest BCUT2D eigenvalue weighted by Gasteiger charge is 2.30. The zero-order chi connectivity index (χ0) is 14.3. The third-order valence-electron chi connectivity index (χ3n) is 5.87. The van der Waals surface area contributed by atoms with Crippen molar-refractivity contribution in [3.05, 3.63) is 24.3 Å². The maximum Gasteiger partial charge on any atom is -0.00471 e. The van der Waals surface area contributed by atoms with Crippen LogP contribution in [0.2, 0.25) is 0 Å². The SMILES string of the molecule is C1=CC(CCCP(C2CCCCC2)C2CCCCC2)C=C1.